The maximum Gasteiger partial charge on any atom is 0.223 e. The van der Waals surface area contributed by atoms with Gasteiger partial charge in [0.05, 0.1) is 12.3 Å². The number of hydrogen-bond donors (Lipinski definition) is 1. The van der Waals surface area contributed by atoms with E-state index in [1.165, 1.54) is 4.31 Å². The predicted octanol–water partition coefficient (Wildman–Crippen LogP) is 2.49. The number of aryl methyl sites for hydroxylation is 1. The topological polar surface area (TPSA) is 84.9 Å². The molecule has 166 valence electrons. The molecule has 1 fully saturated rings. The van der Waals surface area contributed by atoms with Crippen molar-refractivity contribution in [2.45, 2.75) is 31.6 Å². The Morgan fingerprint density at radius 2 is 1.74 bits per heavy atom. The van der Waals surface area contributed by atoms with Crippen LogP contribution in [-0.4, -0.2) is 51.0 Å². The zero-order valence-electron chi connectivity index (χ0n) is 17.6. The Labute approximate surface area is 183 Å². The van der Waals surface area contributed by atoms with Crippen LogP contribution in [0, 0.1) is 12.8 Å². The number of rotatable bonds is 6. The Morgan fingerprint density at radius 1 is 1.06 bits per heavy atom. The molecule has 0 aromatic heterocycles. The van der Waals surface area contributed by atoms with Crippen molar-refractivity contribution < 1.29 is 22.7 Å². The summed E-state index contributed by atoms with van der Waals surface area (Å²) >= 11 is 0. The molecule has 1 saturated heterocycles. The molecule has 2 aromatic rings. The molecule has 2 heterocycles. The Kier molecular flexibility index (Phi) is 6.48. The second-order valence-corrected chi connectivity index (χ2v) is 10.1. The minimum atomic E-state index is -3.40. The normalized spacial score (nSPS) is 19.7. The summed E-state index contributed by atoms with van der Waals surface area (Å²) < 4.78 is 38.7. The van der Waals surface area contributed by atoms with E-state index in [4.69, 9.17) is 9.47 Å². The summed E-state index contributed by atoms with van der Waals surface area (Å²) in [5, 5.41) is 2.94. The molecule has 0 radical (unpaired) electrons. The van der Waals surface area contributed by atoms with Crippen LogP contribution in [0.3, 0.4) is 0 Å². The predicted molar refractivity (Wildman–Crippen MR) is 117 cm³/mol. The third-order valence-electron chi connectivity index (χ3n) is 5.89. The van der Waals surface area contributed by atoms with Gasteiger partial charge in [0.15, 0.2) is 11.5 Å². The number of amides is 1. The van der Waals surface area contributed by atoms with Crippen molar-refractivity contribution in [1.82, 2.24) is 9.62 Å². The number of carbonyl (C=O) groups excluding carboxylic acids is 1. The number of benzene rings is 2. The molecule has 31 heavy (non-hydrogen) atoms. The fourth-order valence-corrected chi connectivity index (χ4v) is 5.65. The maximum absolute atomic E-state index is 12.8. The Balaban J connectivity index is 1.25. The van der Waals surface area contributed by atoms with Gasteiger partial charge in [0.2, 0.25) is 15.9 Å². The highest BCUT2D eigenvalue weighted by atomic mass is 32.2. The van der Waals surface area contributed by atoms with Gasteiger partial charge in [-0.1, -0.05) is 36.4 Å². The standard InChI is InChI=1S/C23H28N2O5S/c1-17-6-2-3-7-19(17)16-31(27,28)25-12-10-18(11-13-25)23(26)24-14-20-15-29-21-8-4-5-9-22(21)30-20/h2-9,18,20H,10-16H2,1H3,(H,24,26)/t20-/m1/s1. The Hall–Kier alpha value is -2.58. The van der Waals surface area contributed by atoms with Gasteiger partial charge in [-0.05, 0) is 43.0 Å². The van der Waals surface area contributed by atoms with Crippen LogP contribution in [0.5, 0.6) is 11.5 Å². The monoisotopic (exact) mass is 444 g/mol. The molecule has 0 spiro atoms. The van der Waals surface area contributed by atoms with E-state index < -0.39 is 10.0 Å². The zero-order chi connectivity index (χ0) is 21.8. The molecule has 1 N–H and O–H groups in total. The van der Waals surface area contributed by atoms with Crippen LogP contribution in [-0.2, 0) is 20.6 Å². The summed E-state index contributed by atoms with van der Waals surface area (Å²) in [7, 11) is -3.40. The van der Waals surface area contributed by atoms with Crippen molar-refractivity contribution in [2.24, 2.45) is 5.92 Å². The molecule has 2 aliphatic heterocycles. The fraction of sp³-hybridized carbons (Fsp3) is 0.435. The molecule has 2 aliphatic rings. The van der Waals surface area contributed by atoms with Crippen LogP contribution in [0.25, 0.3) is 0 Å². The molecule has 0 bridgehead atoms. The van der Waals surface area contributed by atoms with Gasteiger partial charge < -0.3 is 14.8 Å². The van der Waals surface area contributed by atoms with Crippen LogP contribution >= 0.6 is 0 Å². The van der Waals surface area contributed by atoms with Crippen LogP contribution in [0.4, 0.5) is 0 Å². The lowest BCUT2D eigenvalue weighted by atomic mass is 9.97. The summed E-state index contributed by atoms with van der Waals surface area (Å²) in [6.07, 6.45) is 0.793. The fourth-order valence-electron chi connectivity index (χ4n) is 3.98. The van der Waals surface area contributed by atoms with Gasteiger partial charge in [-0.25, -0.2) is 12.7 Å². The SMILES string of the molecule is Cc1ccccc1CS(=O)(=O)N1CCC(C(=O)NC[C@@H]2COc3ccccc3O2)CC1. The molecule has 1 atom stereocenters. The van der Waals surface area contributed by atoms with Crippen LogP contribution in [0.2, 0.25) is 0 Å². The van der Waals surface area contributed by atoms with E-state index in [1.807, 2.05) is 55.5 Å². The summed E-state index contributed by atoms with van der Waals surface area (Å²) in [6.45, 7) is 3.39. The quantitative estimate of drug-likeness (QED) is 0.740. The van der Waals surface area contributed by atoms with E-state index in [0.29, 0.717) is 50.6 Å². The van der Waals surface area contributed by atoms with E-state index in [1.54, 1.807) is 0 Å². The van der Waals surface area contributed by atoms with Crippen molar-refractivity contribution in [3.05, 3.63) is 59.7 Å². The summed E-state index contributed by atoms with van der Waals surface area (Å²) in [5.41, 5.74) is 1.79. The van der Waals surface area contributed by atoms with E-state index in [2.05, 4.69) is 5.32 Å². The van der Waals surface area contributed by atoms with Gasteiger partial charge in [-0.15, -0.1) is 0 Å². The summed E-state index contributed by atoms with van der Waals surface area (Å²) in [6, 6.07) is 15.0. The van der Waals surface area contributed by atoms with Crippen molar-refractivity contribution in [3.63, 3.8) is 0 Å². The molecule has 8 heteroatoms. The number of hydrogen-bond acceptors (Lipinski definition) is 5. The number of sulfonamides is 1. The minimum Gasteiger partial charge on any atom is -0.486 e. The van der Waals surface area contributed by atoms with E-state index in [0.717, 1.165) is 11.1 Å². The van der Waals surface area contributed by atoms with Crippen LogP contribution < -0.4 is 14.8 Å². The van der Waals surface area contributed by atoms with Gasteiger partial charge in [-0.3, -0.25) is 4.79 Å². The van der Waals surface area contributed by atoms with Crippen LogP contribution in [0.1, 0.15) is 24.0 Å². The first-order valence-electron chi connectivity index (χ1n) is 10.6. The summed E-state index contributed by atoms with van der Waals surface area (Å²) in [4.78, 5) is 12.6. The van der Waals surface area contributed by atoms with E-state index in [9.17, 15) is 13.2 Å². The third-order valence-corrected chi connectivity index (χ3v) is 7.72. The highest BCUT2D eigenvalue weighted by molar-refractivity contribution is 7.88. The smallest absolute Gasteiger partial charge is 0.223 e. The number of fused-ring (bicyclic) bond motifs is 1. The van der Waals surface area contributed by atoms with E-state index in [-0.39, 0.29) is 23.7 Å². The van der Waals surface area contributed by atoms with Crippen molar-refractivity contribution >= 4 is 15.9 Å². The highest BCUT2D eigenvalue weighted by Gasteiger charge is 2.32. The second-order valence-electron chi connectivity index (χ2n) is 8.10. The lowest BCUT2D eigenvalue weighted by Gasteiger charge is -2.31. The molecule has 0 saturated carbocycles. The highest BCUT2D eigenvalue weighted by Crippen LogP contribution is 2.30. The maximum atomic E-state index is 12.8. The van der Waals surface area contributed by atoms with Crippen molar-refractivity contribution in [3.8, 4) is 11.5 Å². The van der Waals surface area contributed by atoms with Gasteiger partial charge in [0.1, 0.15) is 12.7 Å². The first-order chi connectivity index (χ1) is 14.9. The molecule has 4 rings (SSSR count). The summed E-state index contributed by atoms with van der Waals surface area (Å²) in [5.74, 6) is 1.14. The van der Waals surface area contributed by atoms with Gasteiger partial charge in [-0.2, -0.15) is 0 Å². The van der Waals surface area contributed by atoms with Gasteiger partial charge >= 0.3 is 0 Å². The molecule has 7 nitrogen and oxygen atoms in total. The largest absolute Gasteiger partial charge is 0.486 e. The number of ether oxygens (including phenoxy) is 2. The van der Waals surface area contributed by atoms with Gasteiger partial charge in [0.25, 0.3) is 0 Å². The molecular weight excluding hydrogens is 416 g/mol. The Morgan fingerprint density at radius 3 is 2.48 bits per heavy atom. The average molecular weight is 445 g/mol. The number of piperidine rings is 1. The van der Waals surface area contributed by atoms with Crippen LogP contribution in [0.15, 0.2) is 48.5 Å². The number of nitrogens with one attached hydrogen (secondary N) is 1. The van der Waals surface area contributed by atoms with Gasteiger partial charge in [0, 0.05) is 19.0 Å². The molecule has 0 aliphatic carbocycles. The third kappa shape index (κ3) is 5.19. The van der Waals surface area contributed by atoms with E-state index >= 15 is 0 Å². The number of carbonyl (C=O) groups is 1. The molecule has 2 aromatic carbocycles. The molecular formula is C23H28N2O5S. The zero-order valence-corrected chi connectivity index (χ0v) is 18.4. The lowest BCUT2D eigenvalue weighted by molar-refractivity contribution is -0.126. The molecule has 1 amide bonds. The first-order valence-corrected chi connectivity index (χ1v) is 12.2. The van der Waals surface area contributed by atoms with Crippen molar-refractivity contribution in [2.75, 3.05) is 26.2 Å². The first kappa shape index (κ1) is 21.6. The minimum absolute atomic E-state index is 0.00295. The number of nitrogens with zero attached hydrogens (tertiary/aromatic N) is 1. The average Bonchev–Trinajstić information content (AvgIpc) is 2.79. The van der Waals surface area contributed by atoms with Crippen molar-refractivity contribution in [1.29, 1.82) is 0 Å². The molecule has 0 unspecified atom stereocenters. The Bertz CT molecular complexity index is 1030. The second kappa shape index (κ2) is 9.28. The lowest BCUT2D eigenvalue weighted by Crippen LogP contribution is -2.46. The number of para-hydroxylation sites is 2.